The van der Waals surface area contributed by atoms with E-state index in [1.165, 1.54) is 0 Å². The van der Waals surface area contributed by atoms with E-state index in [2.05, 4.69) is 20.6 Å². The second-order valence-corrected chi connectivity index (χ2v) is 8.19. The second kappa shape index (κ2) is 10.8. The maximum Gasteiger partial charge on any atom is 0.205 e. The van der Waals surface area contributed by atoms with Gasteiger partial charge in [-0.1, -0.05) is 11.6 Å². The van der Waals surface area contributed by atoms with Gasteiger partial charge in [0.05, 0.1) is 32.4 Å². The molecule has 0 amide bonds. The maximum absolute atomic E-state index is 6.35. The molecule has 1 heterocycles. The fraction of sp³-hybridized carbons (Fsp3) is 0.619. The Balaban J connectivity index is 1.98. The minimum Gasteiger partial charge on any atom is -0.493 e. The third-order valence-corrected chi connectivity index (χ3v) is 4.54. The molecule has 9 heteroatoms. The molecule has 0 bridgehead atoms. The van der Waals surface area contributed by atoms with Gasteiger partial charge in [0, 0.05) is 12.6 Å². The Kier molecular flexibility index (Phi) is 8.76. The van der Waals surface area contributed by atoms with Gasteiger partial charge in [-0.2, -0.15) is 0 Å². The van der Waals surface area contributed by atoms with Crippen molar-refractivity contribution >= 4 is 28.5 Å². The van der Waals surface area contributed by atoms with E-state index < -0.39 is 0 Å². The van der Waals surface area contributed by atoms with Crippen LogP contribution in [0.1, 0.15) is 40.5 Å². The van der Waals surface area contributed by atoms with Crippen LogP contribution in [0.3, 0.4) is 0 Å². The van der Waals surface area contributed by atoms with Gasteiger partial charge in [0.25, 0.3) is 0 Å². The van der Waals surface area contributed by atoms with Gasteiger partial charge < -0.3 is 24.3 Å². The molecule has 1 aromatic carbocycles. The van der Waals surface area contributed by atoms with Crippen LogP contribution >= 0.6 is 11.6 Å². The van der Waals surface area contributed by atoms with Crippen molar-refractivity contribution in [1.82, 2.24) is 15.3 Å². The monoisotopic (exact) mass is 440 g/mol. The van der Waals surface area contributed by atoms with Gasteiger partial charge in [-0.15, -0.1) is 0 Å². The second-order valence-electron chi connectivity index (χ2n) is 7.84. The SMILES string of the molecule is COc1cc2nc(NCCCCNC(C)OC(C)(C)C)c(Cl)nc2c(OC)c1OC. The van der Waals surface area contributed by atoms with Crippen molar-refractivity contribution in [3.8, 4) is 17.2 Å². The third-order valence-electron chi connectivity index (χ3n) is 4.28. The largest absolute Gasteiger partial charge is 0.493 e. The number of nitrogens with one attached hydrogen (secondary N) is 2. The molecule has 0 spiro atoms. The summed E-state index contributed by atoms with van der Waals surface area (Å²) in [4.78, 5) is 9.05. The minimum atomic E-state index is -0.158. The van der Waals surface area contributed by atoms with E-state index in [4.69, 9.17) is 30.5 Å². The molecule has 0 saturated carbocycles. The van der Waals surface area contributed by atoms with Crippen LogP contribution in [0.2, 0.25) is 5.15 Å². The lowest BCUT2D eigenvalue weighted by Gasteiger charge is -2.25. The van der Waals surface area contributed by atoms with Crippen molar-refractivity contribution in [2.45, 2.75) is 52.4 Å². The molecule has 2 aromatic rings. The van der Waals surface area contributed by atoms with Gasteiger partial charge in [0.2, 0.25) is 5.75 Å². The fourth-order valence-electron chi connectivity index (χ4n) is 3.09. The number of anilines is 1. The van der Waals surface area contributed by atoms with Crippen LogP contribution in [-0.2, 0) is 4.74 Å². The minimum absolute atomic E-state index is 0.0145. The Hall–Kier alpha value is -2.03. The summed E-state index contributed by atoms with van der Waals surface area (Å²) < 4.78 is 22.1. The summed E-state index contributed by atoms with van der Waals surface area (Å²) in [5.41, 5.74) is 0.962. The van der Waals surface area contributed by atoms with E-state index in [0.717, 1.165) is 25.9 Å². The molecule has 0 fully saturated rings. The number of rotatable bonds is 11. The Morgan fingerprint density at radius 2 is 1.67 bits per heavy atom. The molecule has 168 valence electrons. The van der Waals surface area contributed by atoms with E-state index in [1.807, 2.05) is 27.7 Å². The van der Waals surface area contributed by atoms with Crippen LogP contribution in [0.4, 0.5) is 5.82 Å². The van der Waals surface area contributed by atoms with Crippen molar-refractivity contribution in [1.29, 1.82) is 0 Å². The average Bonchev–Trinajstić information content (AvgIpc) is 2.68. The highest BCUT2D eigenvalue weighted by atomic mass is 35.5. The van der Waals surface area contributed by atoms with Gasteiger partial charge in [-0.05, 0) is 47.1 Å². The highest BCUT2D eigenvalue weighted by Crippen LogP contribution is 2.42. The number of nitrogens with zero attached hydrogens (tertiary/aromatic N) is 2. The average molecular weight is 441 g/mol. The summed E-state index contributed by atoms with van der Waals surface area (Å²) in [5.74, 6) is 1.93. The number of aromatic nitrogens is 2. The maximum atomic E-state index is 6.35. The third kappa shape index (κ3) is 6.48. The van der Waals surface area contributed by atoms with Crippen molar-refractivity contribution in [2.24, 2.45) is 0 Å². The first-order chi connectivity index (χ1) is 14.2. The van der Waals surface area contributed by atoms with E-state index in [1.54, 1.807) is 27.4 Å². The normalized spacial score (nSPS) is 12.7. The Bertz CT molecular complexity index is 842. The summed E-state index contributed by atoms with van der Waals surface area (Å²) in [6.45, 7) is 9.75. The van der Waals surface area contributed by atoms with E-state index in [-0.39, 0.29) is 17.0 Å². The van der Waals surface area contributed by atoms with E-state index in [9.17, 15) is 0 Å². The molecule has 0 aliphatic rings. The lowest BCUT2D eigenvalue weighted by atomic mass is 10.2. The van der Waals surface area contributed by atoms with Crippen LogP contribution in [0.15, 0.2) is 6.07 Å². The first-order valence-electron chi connectivity index (χ1n) is 10.0. The summed E-state index contributed by atoms with van der Waals surface area (Å²) >= 11 is 6.35. The molecule has 1 aromatic heterocycles. The zero-order chi connectivity index (χ0) is 22.3. The van der Waals surface area contributed by atoms with Gasteiger partial charge in [0.1, 0.15) is 11.7 Å². The molecule has 2 rings (SSSR count). The van der Waals surface area contributed by atoms with Crippen LogP contribution in [-0.4, -0.2) is 56.2 Å². The quantitative estimate of drug-likeness (QED) is 0.396. The van der Waals surface area contributed by atoms with Gasteiger partial charge in [0.15, 0.2) is 22.5 Å². The molecule has 8 nitrogen and oxygen atoms in total. The molecule has 0 radical (unpaired) electrons. The van der Waals surface area contributed by atoms with E-state index in [0.29, 0.717) is 34.1 Å². The Morgan fingerprint density at radius 3 is 2.27 bits per heavy atom. The van der Waals surface area contributed by atoms with Crippen molar-refractivity contribution in [2.75, 3.05) is 39.7 Å². The lowest BCUT2D eigenvalue weighted by Crippen LogP contribution is -2.36. The highest BCUT2D eigenvalue weighted by Gasteiger charge is 2.20. The number of benzene rings is 1. The summed E-state index contributed by atoms with van der Waals surface area (Å²) in [6.07, 6.45) is 1.95. The number of halogens is 1. The summed E-state index contributed by atoms with van der Waals surface area (Å²) in [7, 11) is 4.65. The highest BCUT2D eigenvalue weighted by molar-refractivity contribution is 6.32. The zero-order valence-corrected chi connectivity index (χ0v) is 19.6. The first kappa shape index (κ1) is 24.2. The van der Waals surface area contributed by atoms with Crippen molar-refractivity contribution in [3.05, 3.63) is 11.2 Å². The number of unbranched alkanes of at least 4 members (excludes halogenated alkanes) is 1. The summed E-state index contributed by atoms with van der Waals surface area (Å²) in [6, 6.07) is 1.76. The fourth-order valence-corrected chi connectivity index (χ4v) is 3.28. The van der Waals surface area contributed by atoms with Crippen molar-refractivity contribution < 1.29 is 18.9 Å². The Morgan fingerprint density at radius 1 is 1.00 bits per heavy atom. The number of hydrogen-bond acceptors (Lipinski definition) is 8. The molecule has 1 unspecified atom stereocenters. The molecular weight excluding hydrogens is 408 g/mol. The van der Waals surface area contributed by atoms with Crippen LogP contribution in [0.5, 0.6) is 17.2 Å². The molecule has 0 aliphatic carbocycles. The number of fused-ring (bicyclic) bond motifs is 1. The molecule has 1 atom stereocenters. The van der Waals surface area contributed by atoms with Crippen molar-refractivity contribution in [3.63, 3.8) is 0 Å². The number of ether oxygens (including phenoxy) is 4. The molecule has 30 heavy (non-hydrogen) atoms. The van der Waals surface area contributed by atoms with Gasteiger partial charge >= 0.3 is 0 Å². The topological polar surface area (TPSA) is 86.8 Å². The van der Waals surface area contributed by atoms with Gasteiger partial charge in [-0.3, -0.25) is 5.32 Å². The molecular formula is C21H33ClN4O4. The summed E-state index contributed by atoms with van der Waals surface area (Å²) in [5, 5.41) is 6.90. The first-order valence-corrected chi connectivity index (χ1v) is 10.4. The van der Waals surface area contributed by atoms with Crippen LogP contribution < -0.4 is 24.8 Å². The smallest absolute Gasteiger partial charge is 0.205 e. The zero-order valence-electron chi connectivity index (χ0n) is 18.9. The molecule has 2 N–H and O–H groups in total. The lowest BCUT2D eigenvalue weighted by molar-refractivity contribution is -0.0654. The molecule has 0 aliphatic heterocycles. The van der Waals surface area contributed by atoms with E-state index >= 15 is 0 Å². The van der Waals surface area contributed by atoms with Crippen LogP contribution in [0.25, 0.3) is 11.0 Å². The number of hydrogen-bond donors (Lipinski definition) is 2. The predicted molar refractivity (Wildman–Crippen MR) is 120 cm³/mol. The number of methoxy groups -OCH3 is 3. The Labute approximate surface area is 183 Å². The molecule has 0 saturated heterocycles. The van der Waals surface area contributed by atoms with Crippen LogP contribution in [0, 0.1) is 0 Å². The van der Waals surface area contributed by atoms with Gasteiger partial charge in [-0.25, -0.2) is 9.97 Å². The standard InChI is InChI=1S/C21H33ClN4O4/c1-13(30-21(2,3)4)23-10-8-9-11-24-20-19(22)26-16-14(25-20)12-15(27-5)17(28-6)18(16)29-7/h12-13,23H,8-11H2,1-7H3,(H,24,25). The predicted octanol–water partition coefficient (Wildman–Crippen LogP) is 4.25.